The first-order valence-electron chi connectivity index (χ1n) is 10.2. The summed E-state index contributed by atoms with van der Waals surface area (Å²) in [5, 5.41) is 0. The molecule has 0 amide bonds. The van der Waals surface area contributed by atoms with E-state index < -0.39 is 56.8 Å². The van der Waals surface area contributed by atoms with Gasteiger partial charge in [0.15, 0.2) is 11.5 Å². The molecule has 0 aliphatic carbocycles. The number of nitrogens with two attached hydrogens (primary N) is 1. The summed E-state index contributed by atoms with van der Waals surface area (Å²) in [6.07, 6.45) is -3.10. The van der Waals surface area contributed by atoms with Crippen molar-refractivity contribution in [3.05, 3.63) is 17.7 Å². The molecule has 4 nitrogen and oxygen atoms in total. The van der Waals surface area contributed by atoms with Crippen LogP contribution in [0.5, 0.6) is 17.2 Å². The third-order valence-corrected chi connectivity index (χ3v) is 1.58. The molecule has 84 valence electrons. The molecule has 0 unspecified atom stereocenters. The van der Waals surface area contributed by atoms with Gasteiger partial charge < -0.3 is 19.9 Å². The van der Waals surface area contributed by atoms with Crippen LogP contribution in [0.4, 0.5) is 0 Å². The van der Waals surface area contributed by atoms with Gasteiger partial charge in [0, 0.05) is 11.5 Å². The lowest BCUT2D eigenvalue weighted by molar-refractivity contribution is 0.347. The molecule has 1 aromatic rings. The number of methoxy groups -OCH3 is 3. The average molecular weight is 224 g/mol. The quantitative estimate of drug-likeness (QED) is 0.817. The van der Waals surface area contributed by atoms with E-state index in [1.807, 2.05) is 0 Å². The minimum atomic E-state index is -3.14. The molecule has 2 N–H and O–H groups in total. The Bertz CT molecular complexity index is 702. The number of hydrogen-bond acceptors (Lipinski definition) is 4. The second-order valence-corrected chi connectivity index (χ2v) is 2.37. The molecule has 0 radical (unpaired) electrons. The lowest BCUT2D eigenvalue weighted by Gasteiger charge is -2.13. The van der Waals surface area contributed by atoms with Gasteiger partial charge in [-0.3, -0.25) is 0 Å². The highest BCUT2D eigenvalue weighted by atomic mass is 16.5. The standard InChI is InChI=1S/C11H17NO3/c1-13-9-7-11(15-3)10(14-2)6-8(9)4-5-12/h6-7H,4-5,12H2,1-3H3/i1D3,2D3,3D3,4D2,5D2. The van der Waals surface area contributed by atoms with Gasteiger partial charge in [-0.1, -0.05) is 0 Å². The number of rotatable bonds is 5. The van der Waals surface area contributed by atoms with Crippen molar-refractivity contribution in [1.29, 1.82) is 0 Å². The summed E-state index contributed by atoms with van der Waals surface area (Å²) < 4.78 is 109. The molecule has 4 heteroatoms. The van der Waals surface area contributed by atoms with E-state index in [0.29, 0.717) is 12.1 Å². The van der Waals surface area contributed by atoms with Crippen LogP contribution in [0.3, 0.4) is 0 Å². The second kappa shape index (κ2) is 5.46. The van der Waals surface area contributed by atoms with E-state index in [-0.39, 0.29) is 0 Å². The summed E-state index contributed by atoms with van der Waals surface area (Å²) in [6, 6.07) is 1.15. The maximum atomic E-state index is 7.90. The monoisotopic (exact) mass is 224 g/mol. The Balaban J connectivity index is 3.78. The van der Waals surface area contributed by atoms with E-state index in [4.69, 9.17) is 23.6 Å². The Kier molecular flexibility index (Phi) is 1.11. The number of ether oxygens (including phenoxy) is 3. The zero-order valence-electron chi connectivity index (χ0n) is 20.5. The van der Waals surface area contributed by atoms with Gasteiger partial charge >= 0.3 is 0 Å². The lowest BCUT2D eigenvalue weighted by atomic mass is 10.1. The molecule has 0 aromatic heterocycles. The molecule has 0 saturated heterocycles. The lowest BCUT2D eigenvalue weighted by Crippen LogP contribution is -2.05. The fraction of sp³-hybridized carbons (Fsp3) is 0.455. The molecule has 0 aliphatic rings. The predicted molar refractivity (Wildman–Crippen MR) is 58.9 cm³/mol. The van der Waals surface area contributed by atoms with E-state index in [0.717, 1.165) is 0 Å². The predicted octanol–water partition coefficient (Wildman–Crippen LogP) is 1.21. The van der Waals surface area contributed by atoms with Gasteiger partial charge in [0.1, 0.15) is 5.75 Å². The molecule has 0 saturated carbocycles. The van der Waals surface area contributed by atoms with Crippen molar-refractivity contribution in [2.75, 3.05) is 27.6 Å². The Morgan fingerprint density at radius 1 is 1.13 bits per heavy atom. The van der Waals surface area contributed by atoms with Crippen LogP contribution >= 0.6 is 0 Å². The smallest absolute Gasteiger partial charge is 0.164 e. The molecule has 15 heavy (non-hydrogen) atoms. The summed E-state index contributed by atoms with van der Waals surface area (Å²) in [4.78, 5) is 0. The van der Waals surface area contributed by atoms with Gasteiger partial charge in [-0.05, 0) is 24.5 Å². The van der Waals surface area contributed by atoms with Crippen molar-refractivity contribution < 1.29 is 32.0 Å². The Hall–Kier alpha value is -1.42. The van der Waals surface area contributed by atoms with Crippen molar-refractivity contribution in [3.8, 4) is 17.2 Å². The third-order valence-electron chi connectivity index (χ3n) is 1.58. The van der Waals surface area contributed by atoms with Crippen LogP contribution in [0, 0.1) is 0 Å². The minimum Gasteiger partial charge on any atom is -0.496 e. The van der Waals surface area contributed by atoms with Crippen molar-refractivity contribution in [3.63, 3.8) is 0 Å². The van der Waals surface area contributed by atoms with Gasteiger partial charge in [0.25, 0.3) is 0 Å². The number of hydrogen-bond donors (Lipinski definition) is 1. The molecule has 0 fully saturated rings. The first-order valence-corrected chi connectivity index (χ1v) is 3.67. The molecule has 0 aliphatic heterocycles. The Morgan fingerprint density at radius 3 is 2.33 bits per heavy atom. The number of aryl methyl sites for hydroxylation is 1. The largest absolute Gasteiger partial charge is 0.496 e. The summed E-state index contributed by atoms with van der Waals surface area (Å²) >= 11 is 0. The molecule has 0 spiro atoms. The van der Waals surface area contributed by atoms with Crippen molar-refractivity contribution in [2.45, 2.75) is 6.37 Å². The first-order chi connectivity index (χ1) is 12.1. The molecule has 0 heterocycles. The van der Waals surface area contributed by atoms with Crippen LogP contribution in [0.25, 0.3) is 0 Å². The summed E-state index contributed by atoms with van der Waals surface area (Å²) in [5.74, 6) is -2.43. The Labute approximate surface area is 108 Å². The molecular formula is C11H17NO3. The fourth-order valence-corrected chi connectivity index (χ4v) is 0.961. The van der Waals surface area contributed by atoms with Gasteiger partial charge in [0.2, 0.25) is 0 Å². The van der Waals surface area contributed by atoms with Crippen molar-refractivity contribution in [2.24, 2.45) is 5.73 Å². The molecule has 1 aromatic carbocycles. The highest BCUT2D eigenvalue weighted by Gasteiger charge is 2.10. The molecule has 1 rings (SSSR count). The Morgan fingerprint density at radius 2 is 1.73 bits per heavy atom. The molecule has 0 bridgehead atoms. The van der Waals surface area contributed by atoms with Gasteiger partial charge in [-0.15, -0.1) is 0 Å². The topological polar surface area (TPSA) is 53.7 Å². The van der Waals surface area contributed by atoms with Crippen LogP contribution < -0.4 is 19.9 Å². The van der Waals surface area contributed by atoms with E-state index in [1.165, 1.54) is 0 Å². The van der Waals surface area contributed by atoms with Gasteiger partial charge in [-0.2, -0.15) is 0 Å². The van der Waals surface area contributed by atoms with Crippen molar-refractivity contribution in [1.82, 2.24) is 0 Å². The van der Waals surface area contributed by atoms with E-state index >= 15 is 0 Å². The summed E-state index contributed by atoms with van der Waals surface area (Å²) in [6.45, 7) is -3.07. The number of benzene rings is 1. The fourth-order valence-electron chi connectivity index (χ4n) is 0.961. The second-order valence-electron chi connectivity index (χ2n) is 2.37. The highest BCUT2D eigenvalue weighted by molar-refractivity contribution is 5.50. The van der Waals surface area contributed by atoms with Gasteiger partial charge in [-0.25, -0.2) is 0 Å². The SMILES string of the molecule is [2H]C([2H])([2H])Oc1cc(OC([2H])([2H])[2H])c(C([2H])([2H])C([2H])([2H])N)cc1OC([2H])([2H])[2H]. The average Bonchev–Trinajstić information content (AvgIpc) is 2.34. The molecule has 0 atom stereocenters. The maximum absolute atomic E-state index is 7.90. The highest BCUT2D eigenvalue weighted by Crippen LogP contribution is 2.34. The van der Waals surface area contributed by atoms with Crippen LogP contribution in [-0.4, -0.2) is 27.6 Å². The van der Waals surface area contributed by atoms with Crippen LogP contribution in [0.1, 0.15) is 23.4 Å². The maximum Gasteiger partial charge on any atom is 0.164 e. The minimum absolute atomic E-state index is 0.569. The zero-order chi connectivity index (χ0) is 22.3. The summed E-state index contributed by atoms with van der Waals surface area (Å²) in [7, 11) is -9.37. The van der Waals surface area contributed by atoms with Crippen LogP contribution in [-0.2, 0) is 6.37 Å². The third kappa shape index (κ3) is 2.53. The van der Waals surface area contributed by atoms with E-state index in [2.05, 4.69) is 14.2 Å². The van der Waals surface area contributed by atoms with E-state index in [1.54, 1.807) is 0 Å². The van der Waals surface area contributed by atoms with Crippen LogP contribution in [0.15, 0.2) is 12.1 Å². The van der Waals surface area contributed by atoms with Crippen LogP contribution in [0.2, 0.25) is 0 Å². The normalized spacial score (nSPS) is 27.1. The summed E-state index contributed by atoms with van der Waals surface area (Å²) in [5.41, 5.74) is 4.36. The van der Waals surface area contributed by atoms with Crippen molar-refractivity contribution >= 4 is 0 Å². The van der Waals surface area contributed by atoms with E-state index in [9.17, 15) is 0 Å². The first kappa shape index (κ1) is 3.04. The molecular weight excluding hydrogens is 194 g/mol. The zero-order valence-corrected chi connectivity index (χ0v) is 7.46. The van der Waals surface area contributed by atoms with Gasteiger partial charge in [0.05, 0.1) is 33.5 Å².